The number of rotatable bonds is 4. The molecule has 1 rings (SSSR count). The van der Waals surface area contributed by atoms with Crippen LogP contribution in [-0.2, 0) is 0 Å². The molecule has 0 aliphatic carbocycles. The summed E-state index contributed by atoms with van der Waals surface area (Å²) in [5.41, 5.74) is 5.79. The molecular formula is C11H22N2S. The molecule has 1 aliphatic rings. The van der Waals surface area contributed by atoms with Crippen LogP contribution in [-0.4, -0.2) is 28.5 Å². The van der Waals surface area contributed by atoms with Crippen LogP contribution in [0.1, 0.15) is 46.0 Å². The zero-order valence-electron chi connectivity index (χ0n) is 9.33. The fraction of sp³-hybridized carbons (Fsp3) is 0.909. The van der Waals surface area contributed by atoms with Gasteiger partial charge in [-0.1, -0.05) is 32.5 Å². The zero-order valence-corrected chi connectivity index (χ0v) is 10.1. The second-order valence-corrected chi connectivity index (χ2v) is 4.59. The fourth-order valence-corrected chi connectivity index (χ4v) is 2.71. The van der Waals surface area contributed by atoms with E-state index in [0.717, 1.165) is 6.42 Å². The first-order valence-electron chi connectivity index (χ1n) is 5.75. The lowest BCUT2D eigenvalue weighted by Crippen LogP contribution is -2.51. The van der Waals surface area contributed by atoms with Gasteiger partial charge in [-0.2, -0.15) is 0 Å². The van der Waals surface area contributed by atoms with E-state index in [9.17, 15) is 0 Å². The monoisotopic (exact) mass is 214 g/mol. The maximum atomic E-state index is 5.79. The largest absolute Gasteiger partial charge is 0.392 e. The molecule has 0 amide bonds. The number of piperidine rings is 1. The molecule has 0 radical (unpaired) electrons. The molecule has 1 atom stereocenters. The Morgan fingerprint density at radius 2 is 2.07 bits per heavy atom. The SMILES string of the molecule is CCC(CC)N1CCCCC1C(N)=S. The van der Waals surface area contributed by atoms with Crippen molar-refractivity contribution < 1.29 is 0 Å². The highest BCUT2D eigenvalue weighted by Crippen LogP contribution is 2.22. The summed E-state index contributed by atoms with van der Waals surface area (Å²) in [6.07, 6.45) is 6.14. The summed E-state index contributed by atoms with van der Waals surface area (Å²) < 4.78 is 0. The predicted molar refractivity (Wildman–Crippen MR) is 65.5 cm³/mol. The summed E-state index contributed by atoms with van der Waals surface area (Å²) >= 11 is 5.14. The molecule has 3 heteroatoms. The van der Waals surface area contributed by atoms with Crippen LogP contribution in [0.5, 0.6) is 0 Å². The van der Waals surface area contributed by atoms with Crippen LogP contribution in [0.3, 0.4) is 0 Å². The second-order valence-electron chi connectivity index (χ2n) is 4.12. The van der Waals surface area contributed by atoms with Crippen LogP contribution in [0.15, 0.2) is 0 Å². The first-order chi connectivity index (χ1) is 6.70. The van der Waals surface area contributed by atoms with Gasteiger partial charge in [-0.25, -0.2) is 0 Å². The average molecular weight is 214 g/mol. The summed E-state index contributed by atoms with van der Waals surface area (Å²) in [7, 11) is 0. The maximum Gasteiger partial charge on any atom is 0.0902 e. The quantitative estimate of drug-likeness (QED) is 0.728. The molecule has 0 bridgehead atoms. The number of thiocarbonyl (C=S) groups is 1. The molecule has 2 nitrogen and oxygen atoms in total. The smallest absolute Gasteiger partial charge is 0.0902 e. The van der Waals surface area contributed by atoms with Crippen molar-refractivity contribution in [2.75, 3.05) is 6.54 Å². The Bertz CT molecular complexity index is 190. The number of likely N-dealkylation sites (tertiary alicyclic amines) is 1. The van der Waals surface area contributed by atoms with Crippen molar-refractivity contribution in [3.63, 3.8) is 0 Å². The zero-order chi connectivity index (χ0) is 10.6. The van der Waals surface area contributed by atoms with E-state index in [-0.39, 0.29) is 0 Å². The molecule has 0 aromatic carbocycles. The molecule has 2 N–H and O–H groups in total. The van der Waals surface area contributed by atoms with Crippen LogP contribution in [0.25, 0.3) is 0 Å². The predicted octanol–water partition coefficient (Wildman–Crippen LogP) is 2.32. The van der Waals surface area contributed by atoms with Gasteiger partial charge in [0.05, 0.1) is 11.0 Å². The van der Waals surface area contributed by atoms with Crippen LogP contribution in [0.4, 0.5) is 0 Å². The normalized spacial score (nSPS) is 24.1. The van der Waals surface area contributed by atoms with E-state index in [0.29, 0.717) is 17.1 Å². The highest BCUT2D eigenvalue weighted by molar-refractivity contribution is 7.80. The van der Waals surface area contributed by atoms with Gasteiger partial charge in [-0.3, -0.25) is 4.90 Å². The Labute approximate surface area is 92.8 Å². The Hall–Kier alpha value is -0.150. The standard InChI is InChI=1S/C11H22N2S/c1-3-9(4-2)13-8-6-5-7-10(13)11(12)14/h9-10H,3-8H2,1-2H3,(H2,12,14). The summed E-state index contributed by atoms with van der Waals surface area (Å²) in [5.74, 6) is 0. The van der Waals surface area contributed by atoms with Crippen LogP contribution >= 0.6 is 12.2 Å². The third kappa shape index (κ3) is 2.67. The fourth-order valence-electron chi connectivity index (χ4n) is 2.45. The molecule has 0 aromatic heterocycles. The van der Waals surface area contributed by atoms with Crippen LogP contribution in [0.2, 0.25) is 0 Å². The second kappa shape index (κ2) is 5.66. The van der Waals surface area contributed by atoms with Gasteiger partial charge in [-0.05, 0) is 32.2 Å². The molecule has 1 unspecified atom stereocenters. The van der Waals surface area contributed by atoms with Gasteiger partial charge in [0.1, 0.15) is 0 Å². The number of nitrogens with two attached hydrogens (primary N) is 1. The average Bonchev–Trinajstić information content (AvgIpc) is 2.20. The molecule has 1 aliphatic heterocycles. The topological polar surface area (TPSA) is 29.3 Å². The Balaban J connectivity index is 2.65. The van der Waals surface area contributed by atoms with Crippen molar-refractivity contribution in [1.82, 2.24) is 4.90 Å². The van der Waals surface area contributed by atoms with Crippen molar-refractivity contribution in [2.24, 2.45) is 5.73 Å². The molecule has 1 saturated heterocycles. The van der Waals surface area contributed by atoms with E-state index < -0.39 is 0 Å². The molecule has 1 fully saturated rings. The van der Waals surface area contributed by atoms with Crippen molar-refractivity contribution in [2.45, 2.75) is 58.0 Å². The Kier molecular flexibility index (Phi) is 4.82. The van der Waals surface area contributed by atoms with Crippen LogP contribution in [0, 0.1) is 0 Å². The molecular weight excluding hydrogens is 192 g/mol. The van der Waals surface area contributed by atoms with Gasteiger partial charge in [0.15, 0.2) is 0 Å². The number of nitrogens with zero attached hydrogens (tertiary/aromatic N) is 1. The third-order valence-electron chi connectivity index (χ3n) is 3.28. The van der Waals surface area contributed by atoms with Gasteiger partial charge < -0.3 is 5.73 Å². The highest BCUT2D eigenvalue weighted by atomic mass is 32.1. The van der Waals surface area contributed by atoms with Gasteiger partial charge in [0.2, 0.25) is 0 Å². The summed E-state index contributed by atoms with van der Waals surface area (Å²) in [4.78, 5) is 3.21. The number of hydrogen-bond acceptors (Lipinski definition) is 2. The lowest BCUT2D eigenvalue weighted by atomic mass is 9.97. The first kappa shape index (κ1) is 11.9. The first-order valence-corrected chi connectivity index (χ1v) is 6.16. The van der Waals surface area contributed by atoms with E-state index in [1.807, 2.05) is 0 Å². The molecule has 14 heavy (non-hydrogen) atoms. The summed E-state index contributed by atoms with van der Waals surface area (Å²) in [6, 6.07) is 1.03. The minimum Gasteiger partial charge on any atom is -0.392 e. The van der Waals surface area contributed by atoms with E-state index in [1.165, 1.54) is 32.2 Å². The van der Waals surface area contributed by atoms with E-state index in [2.05, 4.69) is 18.7 Å². The van der Waals surface area contributed by atoms with Gasteiger partial charge >= 0.3 is 0 Å². The van der Waals surface area contributed by atoms with Crippen molar-refractivity contribution in [3.8, 4) is 0 Å². The Morgan fingerprint density at radius 1 is 1.43 bits per heavy atom. The molecule has 0 aromatic rings. The Morgan fingerprint density at radius 3 is 2.57 bits per heavy atom. The maximum absolute atomic E-state index is 5.79. The van der Waals surface area contributed by atoms with Gasteiger partial charge in [-0.15, -0.1) is 0 Å². The van der Waals surface area contributed by atoms with Gasteiger partial charge in [0.25, 0.3) is 0 Å². The summed E-state index contributed by atoms with van der Waals surface area (Å²) in [6.45, 7) is 5.67. The van der Waals surface area contributed by atoms with Crippen molar-refractivity contribution in [3.05, 3.63) is 0 Å². The van der Waals surface area contributed by atoms with Crippen molar-refractivity contribution >= 4 is 17.2 Å². The van der Waals surface area contributed by atoms with Crippen LogP contribution < -0.4 is 5.73 Å². The minimum atomic E-state index is 0.364. The van der Waals surface area contributed by atoms with E-state index >= 15 is 0 Å². The lowest BCUT2D eigenvalue weighted by Gasteiger charge is -2.40. The molecule has 0 spiro atoms. The summed E-state index contributed by atoms with van der Waals surface area (Å²) in [5, 5.41) is 0. The van der Waals surface area contributed by atoms with Crippen molar-refractivity contribution in [1.29, 1.82) is 0 Å². The molecule has 0 saturated carbocycles. The van der Waals surface area contributed by atoms with E-state index in [1.54, 1.807) is 0 Å². The third-order valence-corrected chi connectivity index (χ3v) is 3.56. The lowest BCUT2D eigenvalue weighted by molar-refractivity contribution is 0.125. The van der Waals surface area contributed by atoms with Gasteiger partial charge in [0, 0.05) is 6.04 Å². The van der Waals surface area contributed by atoms with E-state index in [4.69, 9.17) is 18.0 Å². The minimum absolute atomic E-state index is 0.364. The molecule has 82 valence electrons. The highest BCUT2D eigenvalue weighted by Gasteiger charge is 2.28. The number of hydrogen-bond donors (Lipinski definition) is 1. The molecule has 1 heterocycles.